The molecule has 0 bridgehead atoms. The van der Waals surface area contributed by atoms with Crippen molar-refractivity contribution in [3.8, 4) is 0 Å². The summed E-state index contributed by atoms with van der Waals surface area (Å²) in [7, 11) is 2.34. The van der Waals surface area contributed by atoms with E-state index in [1.54, 1.807) is 0 Å². The number of nitrogens with zero attached hydrogens (tertiary/aromatic N) is 5. The molecule has 1 aromatic heterocycles. The summed E-state index contributed by atoms with van der Waals surface area (Å²) >= 11 is 0. The Balaban J connectivity index is 1.75. The molecule has 0 radical (unpaired) electrons. The average molecular weight is 657 g/mol. The lowest BCUT2D eigenvalue weighted by Gasteiger charge is -2.49. The summed E-state index contributed by atoms with van der Waals surface area (Å²) in [5.74, 6) is 2.64. The zero-order chi connectivity index (χ0) is 35.6. The summed E-state index contributed by atoms with van der Waals surface area (Å²) in [6, 6.07) is 0.996. The van der Waals surface area contributed by atoms with E-state index in [-0.39, 0.29) is 39.0 Å². The zero-order valence-corrected chi connectivity index (χ0v) is 33.7. The van der Waals surface area contributed by atoms with Gasteiger partial charge in [-0.25, -0.2) is 0 Å². The molecule has 2 saturated heterocycles. The van der Waals surface area contributed by atoms with E-state index in [2.05, 4.69) is 137 Å². The van der Waals surface area contributed by atoms with Crippen LogP contribution in [0.2, 0.25) is 0 Å². The minimum atomic E-state index is -0.137. The third-order valence-corrected chi connectivity index (χ3v) is 9.90. The van der Waals surface area contributed by atoms with Crippen LogP contribution in [-0.4, -0.2) is 79.8 Å². The normalized spacial score (nSPS) is 21.7. The molecule has 8 heteroatoms. The molecule has 3 rings (SSSR count). The topological polar surface area (TPSA) is 81.2 Å². The molecule has 0 amide bonds. The summed E-state index contributed by atoms with van der Waals surface area (Å²) < 4.78 is 0. The van der Waals surface area contributed by atoms with Gasteiger partial charge in [-0.1, -0.05) is 47.5 Å². The van der Waals surface area contributed by atoms with Gasteiger partial charge in [-0.05, 0) is 133 Å². The van der Waals surface area contributed by atoms with Crippen LogP contribution in [0.3, 0.4) is 0 Å². The maximum atomic E-state index is 5.18. The number of unbranched alkanes of at least 4 members (excludes halogenated alkanes) is 3. The second kappa shape index (κ2) is 14.8. The highest BCUT2D eigenvalue weighted by atomic mass is 15.3. The molecular formula is C39H76N8. The molecule has 0 aromatic carbocycles. The highest BCUT2D eigenvalue weighted by Crippen LogP contribution is 2.35. The molecule has 272 valence electrons. The van der Waals surface area contributed by atoms with Crippen molar-refractivity contribution >= 4 is 11.9 Å². The fourth-order valence-corrected chi connectivity index (χ4v) is 9.19. The van der Waals surface area contributed by atoms with Gasteiger partial charge in [-0.2, -0.15) is 15.0 Å². The van der Waals surface area contributed by atoms with Gasteiger partial charge in [-0.3, -0.25) is 0 Å². The standard InChI is InChI=1S/C39H76N8/c1-28(2)31-40-32(43-39(14,15)27-34(3,4)5)42-33(41-31)47(30-25-37(10,11)45-38(12,13)26-30)22-20-18-17-19-21-46(16)29-23-35(6,7)44-36(8,9)24-29/h28-30,44-45H,17-27H2,1-16H3,(H,40,41,42,43). The smallest absolute Gasteiger partial charge is 0.230 e. The molecule has 47 heavy (non-hydrogen) atoms. The van der Waals surface area contributed by atoms with Crippen molar-refractivity contribution in [1.82, 2.24) is 30.5 Å². The van der Waals surface area contributed by atoms with E-state index in [1.807, 2.05) is 0 Å². The van der Waals surface area contributed by atoms with Crippen LogP contribution in [0.15, 0.2) is 0 Å². The zero-order valence-electron chi connectivity index (χ0n) is 33.7. The van der Waals surface area contributed by atoms with E-state index in [9.17, 15) is 0 Å². The Labute approximate surface area is 290 Å². The molecule has 0 spiro atoms. The van der Waals surface area contributed by atoms with Crippen LogP contribution in [0.1, 0.15) is 173 Å². The summed E-state index contributed by atoms with van der Waals surface area (Å²) in [6.45, 7) is 36.7. The van der Waals surface area contributed by atoms with Crippen LogP contribution in [0.4, 0.5) is 11.9 Å². The van der Waals surface area contributed by atoms with E-state index in [0.717, 1.165) is 44.0 Å². The maximum absolute atomic E-state index is 5.18. The van der Waals surface area contributed by atoms with Crippen LogP contribution in [0.5, 0.6) is 0 Å². The van der Waals surface area contributed by atoms with E-state index in [0.29, 0.717) is 18.0 Å². The number of hydrogen-bond acceptors (Lipinski definition) is 8. The Morgan fingerprint density at radius 3 is 1.64 bits per heavy atom. The molecule has 0 saturated carbocycles. The van der Waals surface area contributed by atoms with Crippen LogP contribution in [0, 0.1) is 5.41 Å². The predicted molar refractivity (Wildman–Crippen MR) is 203 cm³/mol. The highest BCUT2D eigenvalue weighted by molar-refractivity contribution is 5.41. The van der Waals surface area contributed by atoms with Crippen LogP contribution in [-0.2, 0) is 0 Å². The van der Waals surface area contributed by atoms with Crippen molar-refractivity contribution in [3.63, 3.8) is 0 Å². The summed E-state index contributed by atoms with van der Waals surface area (Å²) in [5, 5.41) is 11.5. The Morgan fingerprint density at radius 2 is 1.17 bits per heavy atom. The van der Waals surface area contributed by atoms with Gasteiger partial charge in [0, 0.05) is 52.2 Å². The van der Waals surface area contributed by atoms with Gasteiger partial charge in [-0.15, -0.1) is 0 Å². The van der Waals surface area contributed by atoms with Crippen molar-refractivity contribution in [1.29, 1.82) is 0 Å². The lowest BCUT2D eigenvalue weighted by molar-refractivity contribution is 0.0805. The molecule has 3 N–H and O–H groups in total. The molecule has 2 aliphatic rings. The minimum Gasteiger partial charge on any atom is -0.349 e. The molecular weight excluding hydrogens is 580 g/mol. The Morgan fingerprint density at radius 1 is 0.702 bits per heavy atom. The van der Waals surface area contributed by atoms with Crippen molar-refractivity contribution in [2.24, 2.45) is 5.41 Å². The molecule has 2 fully saturated rings. The van der Waals surface area contributed by atoms with Gasteiger partial charge in [0.25, 0.3) is 0 Å². The minimum absolute atomic E-state index is 0.0384. The molecule has 0 aliphatic carbocycles. The molecule has 2 aliphatic heterocycles. The first-order valence-electron chi connectivity index (χ1n) is 18.9. The Bertz CT molecular complexity index is 1110. The van der Waals surface area contributed by atoms with Gasteiger partial charge >= 0.3 is 0 Å². The monoisotopic (exact) mass is 657 g/mol. The van der Waals surface area contributed by atoms with Gasteiger partial charge in [0.05, 0.1) is 0 Å². The average Bonchev–Trinajstić information content (AvgIpc) is 2.82. The predicted octanol–water partition coefficient (Wildman–Crippen LogP) is 8.54. The van der Waals surface area contributed by atoms with Crippen molar-refractivity contribution in [2.75, 3.05) is 30.4 Å². The first-order valence-corrected chi connectivity index (χ1v) is 18.9. The van der Waals surface area contributed by atoms with Gasteiger partial charge in [0.15, 0.2) is 0 Å². The van der Waals surface area contributed by atoms with Gasteiger partial charge in [0.1, 0.15) is 5.82 Å². The number of nitrogens with one attached hydrogen (secondary N) is 3. The quantitative estimate of drug-likeness (QED) is 0.172. The van der Waals surface area contributed by atoms with E-state index in [1.165, 1.54) is 38.6 Å². The fourth-order valence-electron chi connectivity index (χ4n) is 9.19. The summed E-state index contributed by atoms with van der Waals surface area (Å²) in [5.41, 5.74) is 0.504. The number of rotatable bonds is 14. The number of anilines is 2. The molecule has 1 aromatic rings. The van der Waals surface area contributed by atoms with Crippen molar-refractivity contribution < 1.29 is 0 Å². The third kappa shape index (κ3) is 13.0. The van der Waals surface area contributed by atoms with Crippen LogP contribution < -0.4 is 20.9 Å². The lowest BCUT2D eigenvalue weighted by Crippen LogP contribution is -2.62. The maximum Gasteiger partial charge on any atom is 0.230 e. The molecule has 0 atom stereocenters. The van der Waals surface area contributed by atoms with Crippen LogP contribution in [0.25, 0.3) is 0 Å². The molecule has 8 nitrogen and oxygen atoms in total. The number of aromatic nitrogens is 3. The molecule has 0 unspecified atom stereocenters. The Kier molecular flexibility index (Phi) is 12.5. The summed E-state index contributed by atoms with van der Waals surface area (Å²) in [4.78, 5) is 20.5. The number of piperidine rings is 2. The second-order valence-electron chi connectivity index (χ2n) is 20.2. The van der Waals surface area contributed by atoms with Gasteiger partial charge in [0.2, 0.25) is 11.9 Å². The summed E-state index contributed by atoms with van der Waals surface area (Å²) in [6.07, 6.45) is 10.4. The first-order chi connectivity index (χ1) is 21.3. The number of hydrogen-bond donors (Lipinski definition) is 3. The second-order valence-corrected chi connectivity index (χ2v) is 20.2. The van der Waals surface area contributed by atoms with Gasteiger partial charge < -0.3 is 25.8 Å². The van der Waals surface area contributed by atoms with E-state index < -0.39 is 0 Å². The highest BCUT2D eigenvalue weighted by Gasteiger charge is 2.41. The molecule has 3 heterocycles. The first kappa shape index (κ1) is 39.9. The largest absolute Gasteiger partial charge is 0.349 e. The van der Waals surface area contributed by atoms with Crippen molar-refractivity contribution in [2.45, 2.75) is 207 Å². The fraction of sp³-hybridized carbons (Fsp3) is 0.923. The SMILES string of the molecule is CC(C)c1nc(NC(C)(C)CC(C)(C)C)nc(N(CCCCCCN(C)C2CC(C)(C)NC(C)(C)C2)C2CC(C)(C)NC(C)(C)C2)n1. The van der Waals surface area contributed by atoms with Crippen molar-refractivity contribution in [3.05, 3.63) is 5.82 Å². The Hall–Kier alpha value is -1.51. The lowest BCUT2D eigenvalue weighted by atomic mass is 9.79. The van der Waals surface area contributed by atoms with Crippen LogP contribution >= 0.6 is 0 Å². The van der Waals surface area contributed by atoms with E-state index >= 15 is 0 Å². The van der Waals surface area contributed by atoms with E-state index in [4.69, 9.17) is 15.0 Å². The third-order valence-electron chi connectivity index (χ3n) is 9.90.